The summed E-state index contributed by atoms with van der Waals surface area (Å²) >= 11 is 0. The molecule has 4 heteroatoms. The van der Waals surface area contributed by atoms with Crippen molar-refractivity contribution in [3.8, 4) is 0 Å². The normalized spacial score (nSPS) is 28.7. The van der Waals surface area contributed by atoms with Crippen molar-refractivity contribution in [2.24, 2.45) is 17.8 Å². The van der Waals surface area contributed by atoms with Crippen molar-refractivity contribution < 1.29 is 14.0 Å². The van der Waals surface area contributed by atoms with Crippen LogP contribution in [0.4, 0.5) is 0 Å². The molecule has 0 amide bonds. The van der Waals surface area contributed by atoms with E-state index >= 15 is 0 Å². The van der Waals surface area contributed by atoms with Crippen LogP contribution in [0.2, 0.25) is 19.6 Å². The Morgan fingerprint density at radius 3 is 2.61 bits per heavy atom. The summed E-state index contributed by atoms with van der Waals surface area (Å²) in [6.45, 7) is 16.2. The molecule has 2 aliphatic rings. The second-order valence-corrected chi connectivity index (χ2v) is 13.4. The molecule has 2 fully saturated rings. The maximum atomic E-state index is 12.0. The van der Waals surface area contributed by atoms with Crippen LogP contribution in [0.15, 0.2) is 12.2 Å². The largest absolute Gasteiger partial charge is 0.410 e. The Kier molecular flexibility index (Phi) is 5.91. The van der Waals surface area contributed by atoms with Gasteiger partial charge < -0.3 is 9.16 Å². The molecule has 0 heterocycles. The van der Waals surface area contributed by atoms with Crippen molar-refractivity contribution in [1.82, 2.24) is 0 Å². The highest BCUT2D eigenvalue weighted by atomic mass is 28.4. The zero-order valence-corrected chi connectivity index (χ0v) is 16.6. The van der Waals surface area contributed by atoms with Crippen molar-refractivity contribution in [3.05, 3.63) is 12.2 Å². The highest BCUT2D eigenvalue weighted by Crippen LogP contribution is 2.45. The van der Waals surface area contributed by atoms with Crippen molar-refractivity contribution >= 4 is 14.1 Å². The highest BCUT2D eigenvalue weighted by molar-refractivity contribution is 6.69. The first-order valence-electron chi connectivity index (χ1n) is 9.06. The van der Waals surface area contributed by atoms with Crippen molar-refractivity contribution in [2.75, 3.05) is 13.2 Å². The number of rotatable bonds is 7. The first kappa shape index (κ1) is 18.9. The van der Waals surface area contributed by atoms with E-state index < -0.39 is 8.32 Å². The van der Waals surface area contributed by atoms with Crippen molar-refractivity contribution in [2.45, 2.75) is 71.2 Å². The van der Waals surface area contributed by atoms with Gasteiger partial charge in [0.05, 0.1) is 18.8 Å². The third-order valence-electron chi connectivity index (χ3n) is 5.00. The molecule has 2 rings (SSSR count). The molecule has 23 heavy (non-hydrogen) atoms. The van der Waals surface area contributed by atoms with Gasteiger partial charge in [-0.15, -0.1) is 0 Å². The average Bonchev–Trinajstić information content (AvgIpc) is 2.81. The van der Waals surface area contributed by atoms with Crippen LogP contribution in [-0.4, -0.2) is 32.9 Å². The molecule has 0 N–H and O–H groups in total. The number of ketones is 1. The fraction of sp³-hybridized carbons (Fsp3) is 0.842. The third kappa shape index (κ3) is 5.54. The summed E-state index contributed by atoms with van der Waals surface area (Å²) in [6, 6.07) is 0. The van der Waals surface area contributed by atoms with Crippen LogP contribution in [0.3, 0.4) is 0 Å². The second-order valence-electron chi connectivity index (χ2n) is 9.02. The Morgan fingerprint density at radius 2 is 2.00 bits per heavy atom. The summed E-state index contributed by atoms with van der Waals surface area (Å²) in [7, 11) is -1.56. The molecule has 0 spiro atoms. The molecule has 3 nitrogen and oxygen atoms in total. The molecule has 2 aliphatic carbocycles. The van der Waals surface area contributed by atoms with Gasteiger partial charge in [-0.3, -0.25) is 4.79 Å². The second kappa shape index (κ2) is 7.20. The van der Waals surface area contributed by atoms with Crippen LogP contribution in [0.5, 0.6) is 0 Å². The lowest BCUT2D eigenvalue weighted by Crippen LogP contribution is -2.41. The van der Waals surface area contributed by atoms with Gasteiger partial charge in [-0.2, -0.15) is 0 Å². The summed E-state index contributed by atoms with van der Waals surface area (Å²) in [5.74, 6) is 1.86. The number of hydrogen-bond donors (Lipinski definition) is 0. The topological polar surface area (TPSA) is 35.5 Å². The number of fused-ring (bicyclic) bond motifs is 1. The minimum Gasteiger partial charge on any atom is -0.410 e. The van der Waals surface area contributed by atoms with Gasteiger partial charge >= 0.3 is 0 Å². The minimum atomic E-state index is -1.56. The van der Waals surface area contributed by atoms with Gasteiger partial charge in [0.15, 0.2) is 8.32 Å². The summed E-state index contributed by atoms with van der Waals surface area (Å²) in [5, 5.41) is 0. The summed E-state index contributed by atoms with van der Waals surface area (Å²) in [4.78, 5) is 12.0. The number of carbonyl (C=O) groups excluding carboxylic acids is 1. The van der Waals surface area contributed by atoms with Crippen LogP contribution < -0.4 is 0 Å². The zero-order chi connectivity index (χ0) is 17.3. The standard InChI is InChI=1S/C19H34O3Si/c1-14(12-21-13-19(2,3)22-23(4,5)6)16-10-15-8-7-9-18(20)17(15)11-16/h15-17H,1,7-13H2,2-6H3. The number of carbonyl (C=O) groups is 1. The Labute approximate surface area is 142 Å². The number of Topliss-reactive ketones (excluding diaryl/α,β-unsaturated/α-hetero) is 1. The van der Waals surface area contributed by atoms with Crippen LogP contribution in [-0.2, 0) is 14.0 Å². The van der Waals surface area contributed by atoms with E-state index in [1.165, 1.54) is 6.42 Å². The van der Waals surface area contributed by atoms with E-state index in [9.17, 15) is 4.79 Å². The van der Waals surface area contributed by atoms with Gasteiger partial charge in [0.2, 0.25) is 0 Å². The molecule has 2 saturated carbocycles. The Morgan fingerprint density at radius 1 is 1.30 bits per heavy atom. The highest BCUT2D eigenvalue weighted by Gasteiger charge is 2.41. The van der Waals surface area contributed by atoms with Gasteiger partial charge in [-0.25, -0.2) is 0 Å². The predicted octanol–water partition coefficient (Wildman–Crippen LogP) is 4.58. The fourth-order valence-electron chi connectivity index (χ4n) is 4.30. The van der Waals surface area contributed by atoms with Crippen LogP contribution in [0, 0.1) is 17.8 Å². The molecule has 0 aromatic carbocycles. The smallest absolute Gasteiger partial charge is 0.184 e. The van der Waals surface area contributed by atoms with E-state index in [-0.39, 0.29) is 5.60 Å². The van der Waals surface area contributed by atoms with Crippen LogP contribution >= 0.6 is 0 Å². The van der Waals surface area contributed by atoms with Crippen molar-refractivity contribution in [3.63, 3.8) is 0 Å². The fourth-order valence-corrected chi connectivity index (χ4v) is 6.02. The zero-order valence-electron chi connectivity index (χ0n) is 15.6. The SMILES string of the molecule is C=C(COCC(C)(C)O[Si](C)(C)C)C1CC2CCCC(=O)C2C1. The summed E-state index contributed by atoms with van der Waals surface area (Å²) in [6.07, 6.45) is 5.23. The third-order valence-corrected chi connectivity index (χ3v) is 6.17. The molecule has 132 valence electrons. The van der Waals surface area contributed by atoms with E-state index in [1.807, 2.05) is 0 Å². The maximum Gasteiger partial charge on any atom is 0.184 e. The first-order chi connectivity index (χ1) is 10.6. The lowest BCUT2D eigenvalue weighted by Gasteiger charge is -2.33. The van der Waals surface area contributed by atoms with Gasteiger partial charge in [0.1, 0.15) is 5.78 Å². The lowest BCUT2D eigenvalue weighted by atomic mass is 9.81. The van der Waals surface area contributed by atoms with Gasteiger partial charge in [-0.1, -0.05) is 6.58 Å². The minimum absolute atomic E-state index is 0.246. The molecule has 3 atom stereocenters. The Hall–Kier alpha value is -0.453. The summed E-state index contributed by atoms with van der Waals surface area (Å²) < 4.78 is 12.1. The quantitative estimate of drug-likeness (QED) is 0.503. The van der Waals surface area contributed by atoms with Gasteiger partial charge in [0, 0.05) is 12.3 Å². The molecule has 0 aromatic rings. The molecule has 0 saturated heterocycles. The van der Waals surface area contributed by atoms with E-state index in [4.69, 9.17) is 9.16 Å². The van der Waals surface area contributed by atoms with Gasteiger partial charge in [0.25, 0.3) is 0 Å². The van der Waals surface area contributed by atoms with E-state index in [2.05, 4.69) is 40.1 Å². The van der Waals surface area contributed by atoms with E-state index in [0.717, 1.165) is 31.3 Å². The molecule has 0 bridgehead atoms. The first-order valence-corrected chi connectivity index (χ1v) is 12.5. The maximum absolute atomic E-state index is 12.0. The predicted molar refractivity (Wildman–Crippen MR) is 97.0 cm³/mol. The lowest BCUT2D eigenvalue weighted by molar-refractivity contribution is -0.125. The monoisotopic (exact) mass is 338 g/mol. The molecular formula is C19H34O3Si. The molecule has 0 aromatic heterocycles. The van der Waals surface area contributed by atoms with E-state index in [1.54, 1.807) is 0 Å². The van der Waals surface area contributed by atoms with Crippen LogP contribution in [0.1, 0.15) is 46.0 Å². The molecule has 0 aliphatic heterocycles. The van der Waals surface area contributed by atoms with Gasteiger partial charge in [-0.05, 0) is 76.6 Å². The number of hydrogen-bond acceptors (Lipinski definition) is 3. The Bertz CT molecular complexity index is 450. The van der Waals surface area contributed by atoms with Crippen molar-refractivity contribution in [1.29, 1.82) is 0 Å². The molecule has 3 unspecified atom stereocenters. The average molecular weight is 339 g/mol. The number of ether oxygens (including phenoxy) is 1. The summed E-state index contributed by atoms with van der Waals surface area (Å²) in [5.41, 5.74) is 0.917. The van der Waals surface area contributed by atoms with E-state index in [0.29, 0.717) is 36.8 Å². The Balaban J connectivity index is 1.76. The molecule has 0 radical (unpaired) electrons. The van der Waals surface area contributed by atoms with Crippen LogP contribution in [0.25, 0.3) is 0 Å². The molecular weight excluding hydrogens is 304 g/mol.